The molecule has 4 aromatic rings. The average Bonchev–Trinajstić information content (AvgIpc) is 2.79. The van der Waals surface area contributed by atoms with Gasteiger partial charge >= 0.3 is 5.97 Å². The molecule has 0 spiro atoms. The van der Waals surface area contributed by atoms with Crippen LogP contribution in [0.25, 0.3) is 11.1 Å². The predicted octanol–water partition coefficient (Wildman–Crippen LogP) is 4.83. The van der Waals surface area contributed by atoms with Gasteiger partial charge in [0.2, 0.25) is 0 Å². The van der Waals surface area contributed by atoms with Crippen LogP contribution >= 0.6 is 0 Å². The summed E-state index contributed by atoms with van der Waals surface area (Å²) in [7, 11) is 0. The van der Waals surface area contributed by atoms with Crippen molar-refractivity contribution < 1.29 is 14.6 Å². The van der Waals surface area contributed by atoms with E-state index in [2.05, 4.69) is 15.3 Å². The normalized spacial score (nSPS) is 10.5. The molecule has 4 N–H and O–H groups in total. The topological polar surface area (TPSA) is 110 Å². The molecule has 3 aromatic carbocycles. The molecule has 0 aliphatic carbocycles. The van der Waals surface area contributed by atoms with Gasteiger partial charge in [0.25, 0.3) is 0 Å². The number of carboxylic acids is 1. The van der Waals surface area contributed by atoms with Crippen molar-refractivity contribution in [1.82, 2.24) is 9.97 Å². The van der Waals surface area contributed by atoms with Crippen LogP contribution in [0.5, 0.6) is 11.5 Å². The lowest BCUT2D eigenvalue weighted by Gasteiger charge is -2.14. The van der Waals surface area contributed by atoms with E-state index in [0.29, 0.717) is 28.5 Å². The molecule has 0 aliphatic rings. The van der Waals surface area contributed by atoms with Crippen LogP contribution in [0.4, 0.5) is 11.6 Å². The maximum Gasteiger partial charge on any atom is 0.336 e. The van der Waals surface area contributed by atoms with Crippen molar-refractivity contribution in [3.05, 3.63) is 96.3 Å². The number of nitrogen functional groups attached to an aromatic ring is 1. The van der Waals surface area contributed by atoms with Crippen molar-refractivity contribution in [1.29, 1.82) is 0 Å². The van der Waals surface area contributed by atoms with Gasteiger partial charge in [0, 0.05) is 6.54 Å². The first-order chi connectivity index (χ1) is 15.1. The number of para-hydroxylation sites is 1. The van der Waals surface area contributed by atoms with Crippen LogP contribution in [0.2, 0.25) is 0 Å². The number of benzene rings is 3. The first-order valence-corrected chi connectivity index (χ1v) is 9.60. The van der Waals surface area contributed by atoms with Crippen LogP contribution in [0, 0.1) is 0 Å². The van der Waals surface area contributed by atoms with E-state index in [-0.39, 0.29) is 12.1 Å². The van der Waals surface area contributed by atoms with Crippen molar-refractivity contribution in [3.8, 4) is 22.6 Å². The number of nitrogens with zero attached hydrogens (tertiary/aromatic N) is 2. The van der Waals surface area contributed by atoms with Gasteiger partial charge in [-0.3, -0.25) is 0 Å². The Balaban J connectivity index is 1.58. The molecule has 0 fully saturated rings. The van der Waals surface area contributed by atoms with Crippen LogP contribution in [-0.2, 0) is 6.54 Å². The van der Waals surface area contributed by atoms with Crippen LogP contribution in [-0.4, -0.2) is 21.0 Å². The summed E-state index contributed by atoms with van der Waals surface area (Å²) in [6.45, 7) is 0.279. The maximum absolute atomic E-state index is 11.5. The number of hydrogen-bond donors (Lipinski definition) is 3. The SMILES string of the molecule is Nc1ncnc(NCc2ccccc2C(=O)O)c1-c1ccc(Oc2ccccc2)cc1. The van der Waals surface area contributed by atoms with E-state index in [9.17, 15) is 9.90 Å². The zero-order valence-corrected chi connectivity index (χ0v) is 16.5. The van der Waals surface area contributed by atoms with Crippen LogP contribution in [0.15, 0.2) is 85.2 Å². The molecule has 0 radical (unpaired) electrons. The van der Waals surface area contributed by atoms with Gasteiger partial charge in [-0.2, -0.15) is 0 Å². The fourth-order valence-corrected chi connectivity index (χ4v) is 3.19. The maximum atomic E-state index is 11.5. The highest BCUT2D eigenvalue weighted by Gasteiger charge is 2.14. The highest BCUT2D eigenvalue weighted by molar-refractivity contribution is 5.89. The molecule has 0 saturated heterocycles. The minimum absolute atomic E-state index is 0.237. The van der Waals surface area contributed by atoms with Gasteiger partial charge in [0.1, 0.15) is 29.5 Å². The molecule has 4 rings (SSSR count). The lowest BCUT2D eigenvalue weighted by Crippen LogP contribution is -2.09. The van der Waals surface area contributed by atoms with E-state index in [1.54, 1.807) is 24.3 Å². The number of carboxylic acid groups (broad SMARTS) is 1. The molecule has 7 nitrogen and oxygen atoms in total. The Morgan fingerprint density at radius 2 is 1.58 bits per heavy atom. The number of aromatic carboxylic acids is 1. The molecule has 0 aliphatic heterocycles. The first kappa shape index (κ1) is 19.9. The molecule has 0 saturated carbocycles. The third-order valence-electron chi connectivity index (χ3n) is 4.69. The number of ether oxygens (including phenoxy) is 1. The summed E-state index contributed by atoms with van der Waals surface area (Å²) < 4.78 is 5.84. The highest BCUT2D eigenvalue weighted by atomic mass is 16.5. The summed E-state index contributed by atoms with van der Waals surface area (Å²) in [5.41, 5.74) is 8.48. The second-order valence-corrected chi connectivity index (χ2v) is 6.74. The summed E-state index contributed by atoms with van der Waals surface area (Å²) in [5, 5.41) is 12.6. The molecule has 0 bridgehead atoms. The van der Waals surface area contributed by atoms with Crippen molar-refractivity contribution in [2.45, 2.75) is 6.54 Å². The predicted molar refractivity (Wildman–Crippen MR) is 119 cm³/mol. The van der Waals surface area contributed by atoms with E-state index in [1.807, 2.05) is 54.6 Å². The van der Waals surface area contributed by atoms with Gasteiger partial charge in [-0.15, -0.1) is 0 Å². The largest absolute Gasteiger partial charge is 0.478 e. The molecule has 31 heavy (non-hydrogen) atoms. The second kappa shape index (κ2) is 8.96. The Hall–Kier alpha value is -4.39. The molecule has 154 valence electrons. The van der Waals surface area contributed by atoms with Gasteiger partial charge in [-0.05, 0) is 41.5 Å². The van der Waals surface area contributed by atoms with Gasteiger partial charge in [0.05, 0.1) is 11.1 Å². The van der Waals surface area contributed by atoms with Crippen molar-refractivity contribution in [2.75, 3.05) is 11.1 Å². The summed E-state index contributed by atoms with van der Waals surface area (Å²) in [6, 6.07) is 23.8. The number of carbonyl (C=O) groups is 1. The lowest BCUT2D eigenvalue weighted by atomic mass is 10.1. The van der Waals surface area contributed by atoms with E-state index < -0.39 is 5.97 Å². The van der Waals surface area contributed by atoms with Crippen LogP contribution in [0.1, 0.15) is 15.9 Å². The molecule has 0 amide bonds. The fraction of sp³-hybridized carbons (Fsp3) is 0.0417. The molecular formula is C24H20N4O3. The zero-order valence-electron chi connectivity index (χ0n) is 16.5. The average molecular weight is 412 g/mol. The Morgan fingerprint density at radius 1 is 0.903 bits per heavy atom. The van der Waals surface area contributed by atoms with E-state index >= 15 is 0 Å². The molecule has 1 aromatic heterocycles. The summed E-state index contributed by atoms with van der Waals surface area (Å²) in [6.07, 6.45) is 1.37. The Kier molecular flexibility index (Phi) is 5.75. The second-order valence-electron chi connectivity index (χ2n) is 6.74. The fourth-order valence-electron chi connectivity index (χ4n) is 3.19. The van der Waals surface area contributed by atoms with Gasteiger partial charge in [-0.25, -0.2) is 14.8 Å². The smallest absolute Gasteiger partial charge is 0.336 e. The van der Waals surface area contributed by atoms with Crippen molar-refractivity contribution >= 4 is 17.6 Å². The Morgan fingerprint density at radius 3 is 2.32 bits per heavy atom. The van der Waals surface area contributed by atoms with E-state index in [4.69, 9.17) is 10.5 Å². The van der Waals surface area contributed by atoms with Gasteiger partial charge in [-0.1, -0.05) is 48.5 Å². The molecule has 0 unspecified atom stereocenters. The third kappa shape index (κ3) is 4.62. The summed E-state index contributed by atoms with van der Waals surface area (Å²) >= 11 is 0. The summed E-state index contributed by atoms with van der Waals surface area (Å²) in [4.78, 5) is 19.9. The van der Waals surface area contributed by atoms with Gasteiger partial charge < -0.3 is 20.9 Å². The monoisotopic (exact) mass is 412 g/mol. The van der Waals surface area contributed by atoms with E-state index in [0.717, 1.165) is 11.3 Å². The molecule has 0 atom stereocenters. The summed E-state index contributed by atoms with van der Waals surface area (Å²) in [5.74, 6) is 1.30. The Labute approximate surface area is 179 Å². The number of nitrogens with one attached hydrogen (secondary N) is 1. The quantitative estimate of drug-likeness (QED) is 0.399. The van der Waals surface area contributed by atoms with Crippen molar-refractivity contribution in [3.63, 3.8) is 0 Å². The third-order valence-corrected chi connectivity index (χ3v) is 4.69. The first-order valence-electron chi connectivity index (χ1n) is 9.60. The van der Waals surface area contributed by atoms with Crippen LogP contribution < -0.4 is 15.8 Å². The number of hydrogen-bond acceptors (Lipinski definition) is 6. The molecule has 1 heterocycles. The number of nitrogens with two attached hydrogens (primary N) is 1. The minimum Gasteiger partial charge on any atom is -0.478 e. The van der Waals surface area contributed by atoms with E-state index in [1.165, 1.54) is 6.33 Å². The standard InChI is InChI=1S/C24H20N4O3/c25-22-21(16-10-12-19(13-11-16)31-18-7-2-1-3-8-18)23(28-15-27-22)26-14-17-6-4-5-9-20(17)24(29)30/h1-13,15H,14H2,(H,29,30)(H3,25,26,27,28). The van der Waals surface area contributed by atoms with Crippen LogP contribution in [0.3, 0.4) is 0 Å². The zero-order chi connectivity index (χ0) is 21.6. The lowest BCUT2D eigenvalue weighted by molar-refractivity contribution is 0.0696. The highest BCUT2D eigenvalue weighted by Crippen LogP contribution is 2.33. The van der Waals surface area contributed by atoms with Gasteiger partial charge in [0.15, 0.2) is 0 Å². The molecule has 7 heteroatoms. The minimum atomic E-state index is -0.978. The molecular weight excluding hydrogens is 392 g/mol. The number of aromatic nitrogens is 2. The Bertz CT molecular complexity index is 1200. The van der Waals surface area contributed by atoms with Crippen molar-refractivity contribution in [2.24, 2.45) is 0 Å². The number of anilines is 2. The number of rotatable bonds is 7.